The highest BCUT2D eigenvalue weighted by Gasteiger charge is 2.31. The number of hydrogen-bond acceptors (Lipinski definition) is 2. The molecule has 4 heteroatoms. The lowest BCUT2D eigenvalue weighted by atomic mass is 9.85. The molecule has 1 saturated heterocycles. The van der Waals surface area contributed by atoms with Crippen LogP contribution >= 0.6 is 15.9 Å². The Hall–Kier alpha value is -0.450. The summed E-state index contributed by atoms with van der Waals surface area (Å²) in [7, 11) is 2.06. The van der Waals surface area contributed by atoms with Gasteiger partial charge in [-0.25, -0.2) is 4.39 Å². The van der Waals surface area contributed by atoms with Crippen LogP contribution in [-0.4, -0.2) is 35.7 Å². The zero-order valence-corrected chi connectivity index (χ0v) is 11.5. The van der Waals surface area contributed by atoms with Crippen molar-refractivity contribution in [1.82, 2.24) is 4.90 Å². The Bertz CT molecular complexity index is 402. The summed E-state index contributed by atoms with van der Waals surface area (Å²) >= 11 is 3.17. The van der Waals surface area contributed by atoms with E-state index in [2.05, 4.69) is 27.9 Å². The summed E-state index contributed by atoms with van der Waals surface area (Å²) < 4.78 is 13.6. The molecule has 0 radical (unpaired) electrons. The van der Waals surface area contributed by atoms with Gasteiger partial charge in [0.25, 0.3) is 0 Å². The number of aliphatic hydroxyl groups is 1. The van der Waals surface area contributed by atoms with Gasteiger partial charge in [-0.2, -0.15) is 0 Å². The molecule has 1 N–H and O–H groups in total. The Morgan fingerprint density at radius 1 is 1.41 bits per heavy atom. The van der Waals surface area contributed by atoms with E-state index in [4.69, 9.17) is 0 Å². The van der Waals surface area contributed by atoms with E-state index in [0.29, 0.717) is 10.9 Å². The smallest absolute Gasteiger partial charge is 0.137 e. The van der Waals surface area contributed by atoms with Crippen molar-refractivity contribution in [2.24, 2.45) is 0 Å². The highest BCUT2D eigenvalue weighted by atomic mass is 79.9. The molecule has 1 aromatic rings. The highest BCUT2D eigenvalue weighted by Crippen LogP contribution is 2.27. The first kappa shape index (κ1) is 13.0. The third-order valence-electron chi connectivity index (χ3n) is 3.43. The van der Waals surface area contributed by atoms with Crippen molar-refractivity contribution in [3.05, 3.63) is 34.1 Å². The van der Waals surface area contributed by atoms with Gasteiger partial charge in [-0.05, 0) is 53.5 Å². The third-order valence-corrected chi connectivity index (χ3v) is 4.04. The summed E-state index contributed by atoms with van der Waals surface area (Å²) in [5.41, 5.74) is 0.342. The average Bonchev–Trinajstić information content (AvgIpc) is 2.28. The van der Waals surface area contributed by atoms with Gasteiger partial charge in [0.1, 0.15) is 5.82 Å². The van der Waals surface area contributed by atoms with Crippen molar-refractivity contribution >= 4 is 15.9 Å². The van der Waals surface area contributed by atoms with Crippen LogP contribution in [0.4, 0.5) is 4.39 Å². The van der Waals surface area contributed by atoms with Gasteiger partial charge in [0.05, 0.1) is 10.1 Å². The predicted molar refractivity (Wildman–Crippen MR) is 69.5 cm³/mol. The van der Waals surface area contributed by atoms with Crippen LogP contribution in [0.1, 0.15) is 18.4 Å². The number of likely N-dealkylation sites (tertiary alicyclic amines) is 1. The first-order valence-corrected chi connectivity index (χ1v) is 6.63. The van der Waals surface area contributed by atoms with E-state index >= 15 is 0 Å². The van der Waals surface area contributed by atoms with E-state index in [1.54, 1.807) is 12.1 Å². The Morgan fingerprint density at radius 2 is 2.06 bits per heavy atom. The van der Waals surface area contributed by atoms with Crippen LogP contribution in [0.5, 0.6) is 0 Å². The number of benzene rings is 1. The van der Waals surface area contributed by atoms with Crippen LogP contribution in [0, 0.1) is 5.82 Å². The molecule has 0 unspecified atom stereocenters. The zero-order chi connectivity index (χ0) is 12.5. The third kappa shape index (κ3) is 3.27. The maximum Gasteiger partial charge on any atom is 0.137 e. The van der Waals surface area contributed by atoms with Crippen molar-refractivity contribution in [3.8, 4) is 0 Å². The van der Waals surface area contributed by atoms with Crippen molar-refractivity contribution < 1.29 is 9.50 Å². The second-order valence-corrected chi connectivity index (χ2v) is 5.81. The molecular formula is C13H17BrFNO. The summed E-state index contributed by atoms with van der Waals surface area (Å²) in [6, 6.07) is 4.94. The molecule has 2 nitrogen and oxygen atoms in total. The lowest BCUT2D eigenvalue weighted by molar-refractivity contribution is -0.0150. The highest BCUT2D eigenvalue weighted by molar-refractivity contribution is 9.10. The summed E-state index contributed by atoms with van der Waals surface area (Å²) in [6.07, 6.45) is 2.15. The van der Waals surface area contributed by atoms with Gasteiger partial charge in [0, 0.05) is 19.5 Å². The molecule has 1 aliphatic rings. The van der Waals surface area contributed by atoms with Gasteiger partial charge in [0.15, 0.2) is 0 Å². The minimum atomic E-state index is -0.635. The molecule has 0 aliphatic carbocycles. The standard InChI is InChI=1S/C13H17BrFNO/c1-16-6-4-13(17,5-7-16)9-10-2-3-12(15)11(14)8-10/h2-3,8,17H,4-7,9H2,1H3. The Morgan fingerprint density at radius 3 is 2.65 bits per heavy atom. The Kier molecular flexibility index (Phi) is 3.85. The van der Waals surface area contributed by atoms with Gasteiger partial charge in [0.2, 0.25) is 0 Å². The fourth-order valence-corrected chi connectivity index (χ4v) is 2.67. The molecule has 0 bridgehead atoms. The van der Waals surface area contributed by atoms with Gasteiger partial charge < -0.3 is 10.0 Å². The van der Waals surface area contributed by atoms with Gasteiger partial charge in [-0.3, -0.25) is 0 Å². The maximum atomic E-state index is 13.1. The molecule has 17 heavy (non-hydrogen) atoms. The molecule has 1 aromatic carbocycles. The fourth-order valence-electron chi connectivity index (χ4n) is 2.24. The van der Waals surface area contributed by atoms with E-state index < -0.39 is 5.60 Å². The normalized spacial score (nSPS) is 20.5. The van der Waals surface area contributed by atoms with Gasteiger partial charge in [-0.15, -0.1) is 0 Å². The predicted octanol–water partition coefficient (Wildman–Crippen LogP) is 2.59. The number of hydrogen-bond donors (Lipinski definition) is 1. The summed E-state index contributed by atoms with van der Waals surface area (Å²) in [5.74, 6) is -0.260. The Balaban J connectivity index is 2.07. The van der Waals surface area contributed by atoms with E-state index in [-0.39, 0.29) is 5.82 Å². The molecule has 0 spiro atoms. The molecule has 2 rings (SSSR count). The largest absolute Gasteiger partial charge is 0.389 e. The van der Waals surface area contributed by atoms with E-state index in [1.165, 1.54) is 6.07 Å². The summed E-state index contributed by atoms with van der Waals surface area (Å²) in [4.78, 5) is 2.22. The zero-order valence-electron chi connectivity index (χ0n) is 9.92. The van der Waals surface area contributed by atoms with Crippen LogP contribution in [0.3, 0.4) is 0 Å². The lowest BCUT2D eigenvalue weighted by Gasteiger charge is -2.36. The topological polar surface area (TPSA) is 23.5 Å². The second-order valence-electron chi connectivity index (χ2n) is 4.95. The molecule has 1 fully saturated rings. The molecule has 0 aromatic heterocycles. The molecule has 0 amide bonds. The quantitative estimate of drug-likeness (QED) is 0.908. The number of nitrogens with zero attached hydrogens (tertiary/aromatic N) is 1. The number of halogens is 2. The van der Waals surface area contributed by atoms with Crippen LogP contribution in [0.15, 0.2) is 22.7 Å². The van der Waals surface area contributed by atoms with Crippen molar-refractivity contribution in [2.75, 3.05) is 20.1 Å². The van der Waals surface area contributed by atoms with E-state index in [1.807, 2.05) is 0 Å². The van der Waals surface area contributed by atoms with Gasteiger partial charge in [-0.1, -0.05) is 6.07 Å². The molecule has 0 saturated carbocycles. The summed E-state index contributed by atoms with van der Waals surface area (Å²) in [6.45, 7) is 1.83. The van der Waals surface area contributed by atoms with Crippen LogP contribution in [-0.2, 0) is 6.42 Å². The Labute approximate surface area is 110 Å². The van der Waals surface area contributed by atoms with Crippen molar-refractivity contribution in [3.63, 3.8) is 0 Å². The minimum absolute atomic E-state index is 0.260. The molecule has 1 aliphatic heterocycles. The lowest BCUT2D eigenvalue weighted by Crippen LogP contribution is -2.44. The number of rotatable bonds is 2. The first-order valence-electron chi connectivity index (χ1n) is 5.83. The van der Waals surface area contributed by atoms with Crippen LogP contribution in [0.2, 0.25) is 0 Å². The molecule has 94 valence electrons. The first-order chi connectivity index (χ1) is 7.98. The minimum Gasteiger partial charge on any atom is -0.389 e. The molecular weight excluding hydrogens is 285 g/mol. The molecule has 1 heterocycles. The second kappa shape index (κ2) is 5.04. The molecule has 0 atom stereocenters. The number of piperidine rings is 1. The average molecular weight is 302 g/mol. The van der Waals surface area contributed by atoms with E-state index in [0.717, 1.165) is 31.5 Å². The van der Waals surface area contributed by atoms with Crippen molar-refractivity contribution in [2.45, 2.75) is 24.9 Å². The SMILES string of the molecule is CN1CCC(O)(Cc2ccc(F)c(Br)c2)CC1. The fraction of sp³-hybridized carbons (Fsp3) is 0.538. The maximum absolute atomic E-state index is 13.1. The summed E-state index contributed by atoms with van der Waals surface area (Å²) in [5, 5.41) is 10.5. The monoisotopic (exact) mass is 301 g/mol. The van der Waals surface area contributed by atoms with E-state index in [9.17, 15) is 9.50 Å². The van der Waals surface area contributed by atoms with Gasteiger partial charge >= 0.3 is 0 Å². The van der Waals surface area contributed by atoms with Crippen LogP contribution < -0.4 is 0 Å². The van der Waals surface area contributed by atoms with Crippen LogP contribution in [0.25, 0.3) is 0 Å². The van der Waals surface area contributed by atoms with Crippen molar-refractivity contribution in [1.29, 1.82) is 0 Å².